The summed E-state index contributed by atoms with van der Waals surface area (Å²) in [5.41, 5.74) is 0.291. The fourth-order valence-electron chi connectivity index (χ4n) is 5.62. The number of carbonyl (C=O) groups is 4. The number of para-hydroxylation sites is 1. The van der Waals surface area contributed by atoms with Crippen molar-refractivity contribution in [2.45, 2.75) is 64.1 Å². The van der Waals surface area contributed by atoms with Crippen molar-refractivity contribution in [1.29, 1.82) is 0 Å². The summed E-state index contributed by atoms with van der Waals surface area (Å²) in [5.74, 6) is -0.0176. The normalized spacial score (nSPS) is 19.1. The van der Waals surface area contributed by atoms with E-state index in [9.17, 15) is 24.0 Å². The largest absolute Gasteiger partial charge is 0.466 e. The van der Waals surface area contributed by atoms with Crippen LogP contribution in [0.4, 0.5) is 11.4 Å². The summed E-state index contributed by atoms with van der Waals surface area (Å²) in [7, 11) is 0. The van der Waals surface area contributed by atoms with Crippen molar-refractivity contribution in [3.63, 3.8) is 0 Å². The predicted molar refractivity (Wildman–Crippen MR) is 160 cm³/mol. The number of rotatable bonds is 12. The number of aryl methyl sites for hydroxylation is 2. The highest BCUT2D eigenvalue weighted by Gasteiger charge is 2.57. The molecule has 224 valence electrons. The van der Waals surface area contributed by atoms with E-state index in [2.05, 4.69) is 21.3 Å². The SMILES string of the molecule is Cc1cc(C(=O)N[C@@H](CC/C=C/C(=O)Nc2ccccc2)C(=O)Nc2cccn(CC(=O)NC34CC(C3)C4)c2=O)c(C)o1. The van der Waals surface area contributed by atoms with Crippen LogP contribution in [0.2, 0.25) is 0 Å². The van der Waals surface area contributed by atoms with Crippen LogP contribution in [0.1, 0.15) is 54.0 Å². The maximum Gasteiger partial charge on any atom is 0.274 e. The molecule has 2 aromatic heterocycles. The van der Waals surface area contributed by atoms with E-state index in [-0.39, 0.29) is 42.4 Å². The molecule has 3 fully saturated rings. The molecule has 1 atom stereocenters. The molecule has 0 radical (unpaired) electrons. The van der Waals surface area contributed by atoms with E-state index >= 15 is 0 Å². The number of nitrogens with zero attached hydrogens (tertiary/aromatic N) is 1. The van der Waals surface area contributed by atoms with Gasteiger partial charge < -0.3 is 30.3 Å². The Morgan fingerprint density at radius 3 is 2.44 bits per heavy atom. The van der Waals surface area contributed by atoms with E-state index in [0.29, 0.717) is 28.7 Å². The molecular formula is C32H35N5O6. The quantitative estimate of drug-likeness (QED) is 0.239. The van der Waals surface area contributed by atoms with Crippen molar-refractivity contribution in [2.75, 3.05) is 10.6 Å². The molecule has 0 saturated heterocycles. The molecule has 11 nitrogen and oxygen atoms in total. The van der Waals surface area contributed by atoms with Crippen LogP contribution in [-0.2, 0) is 20.9 Å². The van der Waals surface area contributed by atoms with Crippen molar-refractivity contribution < 1.29 is 23.6 Å². The number of pyridine rings is 1. The molecule has 1 aromatic carbocycles. The Hall–Kier alpha value is -4.93. The van der Waals surface area contributed by atoms with Gasteiger partial charge >= 0.3 is 0 Å². The first-order valence-corrected chi connectivity index (χ1v) is 14.3. The molecule has 2 bridgehead atoms. The van der Waals surface area contributed by atoms with E-state index < -0.39 is 23.4 Å². The second kappa shape index (κ2) is 12.5. The molecule has 43 heavy (non-hydrogen) atoms. The van der Waals surface area contributed by atoms with Crippen molar-refractivity contribution in [3.8, 4) is 0 Å². The van der Waals surface area contributed by atoms with Gasteiger partial charge in [0, 0.05) is 17.4 Å². The highest BCUT2D eigenvalue weighted by molar-refractivity contribution is 6.02. The van der Waals surface area contributed by atoms with Gasteiger partial charge in [0.25, 0.3) is 11.5 Å². The molecule has 4 N–H and O–H groups in total. The monoisotopic (exact) mass is 585 g/mol. The van der Waals surface area contributed by atoms with Crippen LogP contribution in [-0.4, -0.2) is 39.8 Å². The maximum atomic E-state index is 13.4. The molecule has 3 aromatic rings. The minimum absolute atomic E-state index is 0.0156. The molecule has 3 aliphatic carbocycles. The molecule has 11 heteroatoms. The van der Waals surface area contributed by atoms with E-state index in [1.807, 2.05) is 18.2 Å². The Morgan fingerprint density at radius 2 is 1.79 bits per heavy atom. The number of furan rings is 1. The lowest BCUT2D eigenvalue weighted by atomic mass is 9.50. The number of nitrogens with one attached hydrogen (secondary N) is 4. The zero-order valence-electron chi connectivity index (χ0n) is 24.1. The van der Waals surface area contributed by atoms with E-state index in [1.54, 1.807) is 44.2 Å². The Bertz CT molecular complexity index is 1610. The van der Waals surface area contributed by atoms with Crippen LogP contribution in [0.25, 0.3) is 0 Å². The number of anilines is 2. The van der Waals surface area contributed by atoms with Crippen molar-refractivity contribution in [3.05, 3.63) is 94.3 Å². The molecule has 3 saturated carbocycles. The minimum Gasteiger partial charge on any atom is -0.466 e. The molecule has 0 unspecified atom stereocenters. The number of carbonyl (C=O) groups excluding carboxylic acids is 4. The van der Waals surface area contributed by atoms with Gasteiger partial charge in [-0.1, -0.05) is 24.3 Å². The van der Waals surface area contributed by atoms with Crippen molar-refractivity contribution in [1.82, 2.24) is 15.2 Å². The number of hydrogen-bond donors (Lipinski definition) is 4. The first-order valence-electron chi connectivity index (χ1n) is 14.3. The van der Waals surface area contributed by atoms with Gasteiger partial charge in [-0.3, -0.25) is 24.0 Å². The average molecular weight is 586 g/mol. The smallest absolute Gasteiger partial charge is 0.274 e. The zero-order valence-corrected chi connectivity index (χ0v) is 24.1. The standard InChI is InChI=1S/C32H35N5O6/c1-20-15-24(21(2)43-20)29(40)34-25(11-6-7-13-27(38)33-23-9-4-3-5-10-23)30(41)35-26-12-8-14-37(31(26)42)19-28(39)36-32-16-22(17-32)18-32/h3-5,7-10,12-15,22,25H,6,11,16-19H2,1-2H3,(H,33,38)(H,34,40)(H,35,41)(H,36,39)/b13-7+/t22?,25-,32?/m0/s1. The second-order valence-electron chi connectivity index (χ2n) is 11.3. The van der Waals surface area contributed by atoms with Gasteiger partial charge in [-0.2, -0.15) is 0 Å². The van der Waals surface area contributed by atoms with Crippen LogP contribution in [0.3, 0.4) is 0 Å². The van der Waals surface area contributed by atoms with Gasteiger partial charge in [-0.15, -0.1) is 0 Å². The van der Waals surface area contributed by atoms with Crippen LogP contribution < -0.4 is 26.8 Å². The average Bonchev–Trinajstić information content (AvgIpc) is 3.27. The number of benzene rings is 1. The highest BCUT2D eigenvalue weighted by Crippen LogP contribution is 2.56. The summed E-state index contributed by atoms with van der Waals surface area (Å²) < 4.78 is 6.70. The van der Waals surface area contributed by atoms with Gasteiger partial charge in [-0.05, 0) is 88.3 Å². The summed E-state index contributed by atoms with van der Waals surface area (Å²) in [6.45, 7) is 3.21. The second-order valence-corrected chi connectivity index (χ2v) is 11.3. The molecular weight excluding hydrogens is 550 g/mol. The van der Waals surface area contributed by atoms with Gasteiger partial charge in [0.05, 0.1) is 5.56 Å². The minimum atomic E-state index is -1.04. The van der Waals surface area contributed by atoms with Crippen LogP contribution in [0.5, 0.6) is 0 Å². The van der Waals surface area contributed by atoms with Gasteiger partial charge in [0.1, 0.15) is 29.8 Å². The third-order valence-electron chi connectivity index (χ3n) is 7.87. The molecule has 0 spiro atoms. The lowest BCUT2D eigenvalue weighted by molar-refractivity contribution is -0.133. The first-order chi connectivity index (χ1) is 20.6. The van der Waals surface area contributed by atoms with Gasteiger partial charge in [0.2, 0.25) is 17.7 Å². The summed E-state index contributed by atoms with van der Waals surface area (Å²) in [6, 6.07) is 12.6. The summed E-state index contributed by atoms with van der Waals surface area (Å²) in [6.07, 6.45) is 7.86. The zero-order chi connectivity index (χ0) is 30.6. The fraction of sp³-hybridized carbons (Fsp3) is 0.344. The van der Waals surface area contributed by atoms with E-state index in [4.69, 9.17) is 4.42 Å². The van der Waals surface area contributed by atoms with E-state index in [0.717, 1.165) is 19.3 Å². The lowest BCUT2D eigenvalue weighted by Crippen LogP contribution is -2.68. The number of amides is 4. The lowest BCUT2D eigenvalue weighted by Gasteiger charge is -2.61. The molecule has 2 heterocycles. The number of hydrogen-bond acceptors (Lipinski definition) is 6. The van der Waals surface area contributed by atoms with Crippen LogP contribution >= 0.6 is 0 Å². The fourth-order valence-corrected chi connectivity index (χ4v) is 5.62. The Morgan fingerprint density at radius 1 is 1.05 bits per heavy atom. The Labute approximate surface area is 248 Å². The summed E-state index contributed by atoms with van der Waals surface area (Å²) in [5, 5.41) is 11.1. The number of allylic oxidation sites excluding steroid dienone is 1. The van der Waals surface area contributed by atoms with Gasteiger partial charge in [-0.25, -0.2) is 0 Å². The maximum absolute atomic E-state index is 13.4. The highest BCUT2D eigenvalue weighted by atomic mass is 16.3. The molecule has 3 aliphatic rings. The van der Waals surface area contributed by atoms with Crippen LogP contribution in [0.15, 0.2) is 76.1 Å². The third-order valence-corrected chi connectivity index (χ3v) is 7.87. The topological polar surface area (TPSA) is 152 Å². The van der Waals surface area contributed by atoms with E-state index in [1.165, 1.54) is 22.9 Å². The Balaban J connectivity index is 1.24. The first kappa shape index (κ1) is 29.6. The summed E-state index contributed by atoms with van der Waals surface area (Å²) >= 11 is 0. The molecule has 0 aliphatic heterocycles. The predicted octanol–water partition coefficient (Wildman–Crippen LogP) is 3.44. The van der Waals surface area contributed by atoms with Crippen LogP contribution in [0, 0.1) is 19.8 Å². The molecule has 4 amide bonds. The third kappa shape index (κ3) is 7.11. The number of aromatic nitrogens is 1. The van der Waals surface area contributed by atoms with Crippen molar-refractivity contribution in [2.24, 2.45) is 5.92 Å². The van der Waals surface area contributed by atoms with Crippen molar-refractivity contribution >= 4 is 35.0 Å². The molecule has 6 rings (SSSR count). The van der Waals surface area contributed by atoms with Gasteiger partial charge in [0.15, 0.2) is 0 Å². The Kier molecular flexibility index (Phi) is 8.61. The summed E-state index contributed by atoms with van der Waals surface area (Å²) in [4.78, 5) is 64.4.